The van der Waals surface area contributed by atoms with E-state index >= 15 is 0 Å². The summed E-state index contributed by atoms with van der Waals surface area (Å²) in [5.41, 5.74) is 5.15. The molecule has 0 heterocycles. The van der Waals surface area contributed by atoms with Gasteiger partial charge in [0.2, 0.25) is 5.91 Å². The Balaban J connectivity index is 3.08. The van der Waals surface area contributed by atoms with Crippen molar-refractivity contribution in [1.82, 2.24) is 0 Å². The van der Waals surface area contributed by atoms with Gasteiger partial charge in [0, 0.05) is 12.6 Å². The highest BCUT2D eigenvalue weighted by atomic mass is 19.1. The van der Waals surface area contributed by atoms with Gasteiger partial charge in [0.1, 0.15) is 11.9 Å². The number of carbonyl (C=O) groups is 2. The fourth-order valence-corrected chi connectivity index (χ4v) is 1.32. The summed E-state index contributed by atoms with van der Waals surface area (Å²) in [5.74, 6) is -2.48. The Bertz CT molecular complexity index is 462. The van der Waals surface area contributed by atoms with Gasteiger partial charge >= 0.3 is 5.97 Å². The number of carboxylic acids is 1. The maximum absolute atomic E-state index is 13.6. The number of anilines is 1. The van der Waals surface area contributed by atoms with Crippen molar-refractivity contribution in [3.63, 3.8) is 0 Å². The molecule has 1 unspecified atom stereocenters. The zero-order chi connectivity index (χ0) is 13.2. The van der Waals surface area contributed by atoms with E-state index in [4.69, 9.17) is 10.8 Å². The van der Waals surface area contributed by atoms with E-state index in [1.54, 1.807) is 0 Å². The summed E-state index contributed by atoms with van der Waals surface area (Å²) >= 11 is 0. The normalized spacial score (nSPS) is 11.9. The predicted molar refractivity (Wildman–Crippen MR) is 60.4 cm³/mol. The third-order valence-corrected chi connectivity index (χ3v) is 2.55. The second-order valence-electron chi connectivity index (χ2n) is 3.66. The fourth-order valence-electron chi connectivity index (χ4n) is 1.32. The molecule has 0 aliphatic rings. The number of benzene rings is 1. The molecule has 92 valence electrons. The van der Waals surface area contributed by atoms with Gasteiger partial charge in [0.05, 0.1) is 5.69 Å². The molecule has 0 aromatic heterocycles. The van der Waals surface area contributed by atoms with Crippen LogP contribution in [0.5, 0.6) is 0 Å². The van der Waals surface area contributed by atoms with Crippen molar-refractivity contribution >= 4 is 17.6 Å². The Morgan fingerprint density at radius 3 is 2.47 bits per heavy atom. The molecule has 0 aliphatic heterocycles. The third kappa shape index (κ3) is 2.72. The second-order valence-corrected chi connectivity index (χ2v) is 3.66. The van der Waals surface area contributed by atoms with E-state index in [0.717, 1.165) is 6.07 Å². The Morgan fingerprint density at radius 2 is 2.06 bits per heavy atom. The van der Waals surface area contributed by atoms with Gasteiger partial charge in [-0.05, 0) is 25.1 Å². The second kappa shape index (κ2) is 4.82. The number of carboxylic acid groups (broad SMARTS) is 1. The lowest BCUT2D eigenvalue weighted by Gasteiger charge is -2.24. The lowest BCUT2D eigenvalue weighted by atomic mass is 10.1. The molecule has 0 saturated carbocycles. The molecule has 1 atom stereocenters. The van der Waals surface area contributed by atoms with E-state index in [0.29, 0.717) is 0 Å². The molecule has 5 nitrogen and oxygen atoms in total. The number of nitrogens with zero attached hydrogens (tertiary/aromatic N) is 1. The highest BCUT2D eigenvalue weighted by Gasteiger charge is 2.20. The maximum atomic E-state index is 13.6. The van der Waals surface area contributed by atoms with Gasteiger partial charge in [-0.2, -0.15) is 0 Å². The SMILES string of the molecule is CC(C(=O)O)N(C)c1ccc(C(N)=O)cc1F. The number of nitrogens with two attached hydrogens (primary N) is 1. The largest absolute Gasteiger partial charge is 0.480 e. The van der Waals surface area contributed by atoms with Gasteiger partial charge in [-0.25, -0.2) is 9.18 Å². The summed E-state index contributed by atoms with van der Waals surface area (Å²) in [5, 5.41) is 8.81. The van der Waals surface area contributed by atoms with E-state index in [-0.39, 0.29) is 11.3 Å². The number of carbonyl (C=O) groups excluding carboxylic acids is 1. The first-order valence-electron chi connectivity index (χ1n) is 4.89. The molecule has 6 heteroatoms. The molecular formula is C11H13FN2O3. The van der Waals surface area contributed by atoms with Crippen molar-refractivity contribution in [1.29, 1.82) is 0 Å². The maximum Gasteiger partial charge on any atom is 0.326 e. The summed E-state index contributed by atoms with van der Waals surface area (Å²) in [7, 11) is 1.46. The number of halogens is 1. The summed E-state index contributed by atoms with van der Waals surface area (Å²) < 4.78 is 13.6. The van der Waals surface area contributed by atoms with Crippen LogP contribution in [0.1, 0.15) is 17.3 Å². The highest BCUT2D eigenvalue weighted by Crippen LogP contribution is 2.21. The third-order valence-electron chi connectivity index (χ3n) is 2.55. The van der Waals surface area contributed by atoms with E-state index in [1.807, 2.05) is 0 Å². The van der Waals surface area contributed by atoms with Crippen LogP contribution in [0.2, 0.25) is 0 Å². The first-order valence-corrected chi connectivity index (χ1v) is 4.89. The minimum absolute atomic E-state index is 0.0441. The molecule has 1 rings (SSSR count). The number of aliphatic carboxylic acids is 1. The zero-order valence-electron chi connectivity index (χ0n) is 9.48. The summed E-state index contributed by atoms with van der Waals surface area (Å²) in [6, 6.07) is 2.80. The molecule has 1 aromatic rings. The molecule has 0 aliphatic carbocycles. The Hall–Kier alpha value is -2.11. The van der Waals surface area contributed by atoms with Crippen molar-refractivity contribution in [3.05, 3.63) is 29.6 Å². The summed E-state index contributed by atoms with van der Waals surface area (Å²) in [6.45, 7) is 1.43. The minimum Gasteiger partial charge on any atom is -0.480 e. The van der Waals surface area contributed by atoms with Crippen LogP contribution in [0.25, 0.3) is 0 Å². The van der Waals surface area contributed by atoms with Gasteiger partial charge < -0.3 is 15.7 Å². The molecule has 3 N–H and O–H groups in total. The van der Waals surface area contributed by atoms with Crippen molar-refractivity contribution in [2.45, 2.75) is 13.0 Å². The van der Waals surface area contributed by atoms with Gasteiger partial charge in [0.15, 0.2) is 0 Å². The van der Waals surface area contributed by atoms with Gasteiger partial charge in [0.25, 0.3) is 0 Å². The molecule has 0 bridgehead atoms. The Morgan fingerprint density at radius 1 is 1.47 bits per heavy atom. The van der Waals surface area contributed by atoms with E-state index < -0.39 is 23.7 Å². The summed E-state index contributed by atoms with van der Waals surface area (Å²) in [4.78, 5) is 22.9. The molecule has 0 radical (unpaired) electrons. The van der Waals surface area contributed by atoms with Crippen molar-refractivity contribution in [3.8, 4) is 0 Å². The average molecular weight is 240 g/mol. The number of hydrogen-bond acceptors (Lipinski definition) is 3. The molecule has 1 amide bonds. The van der Waals surface area contributed by atoms with Crippen LogP contribution in [-0.2, 0) is 4.79 Å². The summed E-state index contributed by atoms with van der Waals surface area (Å²) in [6.07, 6.45) is 0. The van der Waals surface area contributed by atoms with Crippen LogP contribution in [0.15, 0.2) is 18.2 Å². The molecule has 1 aromatic carbocycles. The number of hydrogen-bond donors (Lipinski definition) is 2. The first-order chi connectivity index (χ1) is 7.84. The zero-order valence-corrected chi connectivity index (χ0v) is 9.48. The monoisotopic (exact) mass is 240 g/mol. The quantitative estimate of drug-likeness (QED) is 0.816. The van der Waals surface area contributed by atoms with Crippen LogP contribution in [0, 0.1) is 5.82 Å². The molecule has 17 heavy (non-hydrogen) atoms. The lowest BCUT2D eigenvalue weighted by Crippen LogP contribution is -2.36. The van der Waals surface area contributed by atoms with Crippen LogP contribution in [-0.4, -0.2) is 30.1 Å². The van der Waals surface area contributed by atoms with Gasteiger partial charge in [-0.3, -0.25) is 4.79 Å². The fraction of sp³-hybridized carbons (Fsp3) is 0.273. The Labute approximate surface area is 97.6 Å². The van der Waals surface area contributed by atoms with Gasteiger partial charge in [-0.1, -0.05) is 0 Å². The van der Waals surface area contributed by atoms with Crippen LogP contribution in [0.4, 0.5) is 10.1 Å². The number of primary amides is 1. The lowest BCUT2D eigenvalue weighted by molar-refractivity contribution is -0.138. The Kier molecular flexibility index (Phi) is 3.67. The standard InChI is InChI=1S/C11H13FN2O3/c1-6(11(16)17)14(2)9-4-3-7(10(13)15)5-8(9)12/h3-6H,1-2H3,(H2,13,15)(H,16,17). The molecule has 0 saturated heterocycles. The van der Waals surface area contributed by atoms with E-state index in [1.165, 1.54) is 31.0 Å². The minimum atomic E-state index is -1.06. The van der Waals surface area contributed by atoms with Crippen molar-refractivity contribution < 1.29 is 19.1 Å². The molecular weight excluding hydrogens is 227 g/mol. The average Bonchev–Trinajstić information content (AvgIpc) is 2.26. The van der Waals surface area contributed by atoms with Crippen molar-refractivity contribution in [2.75, 3.05) is 11.9 Å². The predicted octanol–water partition coefficient (Wildman–Crippen LogP) is 0.834. The van der Waals surface area contributed by atoms with E-state index in [9.17, 15) is 14.0 Å². The van der Waals surface area contributed by atoms with Crippen LogP contribution >= 0.6 is 0 Å². The van der Waals surface area contributed by atoms with Gasteiger partial charge in [-0.15, -0.1) is 0 Å². The first kappa shape index (κ1) is 13.0. The molecule has 0 fully saturated rings. The number of rotatable bonds is 4. The highest BCUT2D eigenvalue weighted by molar-refractivity contribution is 5.93. The smallest absolute Gasteiger partial charge is 0.326 e. The van der Waals surface area contributed by atoms with Crippen LogP contribution < -0.4 is 10.6 Å². The van der Waals surface area contributed by atoms with E-state index in [2.05, 4.69) is 0 Å². The van der Waals surface area contributed by atoms with Crippen molar-refractivity contribution in [2.24, 2.45) is 5.73 Å². The molecule has 0 spiro atoms. The topological polar surface area (TPSA) is 83.6 Å². The number of amides is 1. The van der Waals surface area contributed by atoms with Crippen LogP contribution in [0.3, 0.4) is 0 Å². The number of likely N-dealkylation sites (N-methyl/N-ethyl adjacent to an activating group) is 1.